The van der Waals surface area contributed by atoms with Crippen molar-refractivity contribution in [3.05, 3.63) is 28.8 Å². The predicted octanol–water partition coefficient (Wildman–Crippen LogP) is 4.01. The molecule has 1 heterocycles. The van der Waals surface area contributed by atoms with Crippen LogP contribution < -0.4 is 4.90 Å². The quantitative estimate of drug-likeness (QED) is 0.761. The molecule has 1 fully saturated rings. The molecule has 1 aliphatic heterocycles. The first-order valence-corrected chi connectivity index (χ1v) is 8.34. The molecule has 0 saturated carbocycles. The first-order valence-electron chi connectivity index (χ1n) is 6.84. The number of benzene rings is 1. The number of anilines is 1. The molecule has 4 heteroatoms. The number of hydrogen-bond donors (Lipinski definition) is 0. The average Bonchev–Trinajstić information content (AvgIpc) is 2.41. The van der Waals surface area contributed by atoms with Gasteiger partial charge in [0, 0.05) is 18.9 Å². The minimum Gasteiger partial charge on any atom is -0.373 e. The summed E-state index contributed by atoms with van der Waals surface area (Å²) in [5.41, 5.74) is 2.37. The second kappa shape index (κ2) is 6.96. The Morgan fingerprint density at radius 2 is 2.05 bits per heavy atom. The van der Waals surface area contributed by atoms with Crippen LogP contribution >= 0.6 is 27.5 Å². The molecule has 2 rings (SSSR count). The highest BCUT2D eigenvalue weighted by Crippen LogP contribution is 2.28. The van der Waals surface area contributed by atoms with Gasteiger partial charge in [-0.3, -0.25) is 0 Å². The van der Waals surface area contributed by atoms with E-state index in [1.807, 2.05) is 0 Å². The van der Waals surface area contributed by atoms with E-state index >= 15 is 0 Å². The van der Waals surface area contributed by atoms with Gasteiger partial charge < -0.3 is 9.80 Å². The number of nitrogens with zero attached hydrogens (tertiary/aromatic N) is 2. The van der Waals surface area contributed by atoms with Crippen LogP contribution in [0.3, 0.4) is 0 Å². The molecule has 1 aliphatic rings. The first-order chi connectivity index (χ1) is 9.10. The minimum absolute atomic E-state index is 0.785. The van der Waals surface area contributed by atoms with Crippen LogP contribution in [0.2, 0.25) is 5.02 Å². The number of alkyl halides is 1. The molecule has 0 amide bonds. The molecule has 19 heavy (non-hydrogen) atoms. The summed E-state index contributed by atoms with van der Waals surface area (Å²) in [7, 11) is 4.35. The molecule has 0 bridgehead atoms. The van der Waals surface area contributed by atoms with Crippen molar-refractivity contribution in [2.45, 2.75) is 18.2 Å². The van der Waals surface area contributed by atoms with Gasteiger partial charge >= 0.3 is 0 Å². The summed E-state index contributed by atoms with van der Waals surface area (Å²) >= 11 is 9.83. The van der Waals surface area contributed by atoms with Crippen molar-refractivity contribution >= 4 is 33.2 Å². The zero-order chi connectivity index (χ0) is 13.8. The molecule has 1 aromatic carbocycles. The lowest BCUT2D eigenvalue weighted by atomic mass is 9.96. The van der Waals surface area contributed by atoms with Gasteiger partial charge in [0.15, 0.2) is 0 Å². The van der Waals surface area contributed by atoms with Gasteiger partial charge in [0.05, 0.1) is 10.7 Å². The third-order valence-electron chi connectivity index (χ3n) is 3.95. The number of rotatable bonds is 4. The first kappa shape index (κ1) is 15.1. The smallest absolute Gasteiger partial charge is 0.0642 e. The fourth-order valence-corrected chi connectivity index (χ4v) is 3.37. The maximum Gasteiger partial charge on any atom is 0.0642 e. The van der Waals surface area contributed by atoms with Gasteiger partial charge in [-0.05, 0) is 56.6 Å². The highest BCUT2D eigenvalue weighted by molar-refractivity contribution is 9.08. The van der Waals surface area contributed by atoms with Crippen LogP contribution in [-0.4, -0.2) is 38.6 Å². The van der Waals surface area contributed by atoms with Crippen LogP contribution in [0.25, 0.3) is 0 Å². The third kappa shape index (κ3) is 4.11. The van der Waals surface area contributed by atoms with Crippen LogP contribution in [0.15, 0.2) is 18.2 Å². The van der Waals surface area contributed by atoms with Gasteiger partial charge in [-0.1, -0.05) is 33.6 Å². The number of halogens is 2. The Morgan fingerprint density at radius 3 is 2.63 bits per heavy atom. The summed E-state index contributed by atoms with van der Waals surface area (Å²) in [6, 6.07) is 6.33. The summed E-state index contributed by atoms with van der Waals surface area (Å²) in [6.07, 6.45) is 2.58. The van der Waals surface area contributed by atoms with E-state index in [1.54, 1.807) is 0 Å². The van der Waals surface area contributed by atoms with E-state index < -0.39 is 0 Å². The van der Waals surface area contributed by atoms with Crippen LogP contribution in [0, 0.1) is 5.92 Å². The minimum atomic E-state index is 0.785. The van der Waals surface area contributed by atoms with E-state index in [9.17, 15) is 0 Å². The zero-order valence-electron chi connectivity index (χ0n) is 11.7. The van der Waals surface area contributed by atoms with Gasteiger partial charge in [-0.15, -0.1) is 0 Å². The van der Waals surface area contributed by atoms with E-state index in [0.29, 0.717) is 0 Å². The van der Waals surface area contributed by atoms with Crippen molar-refractivity contribution in [2.75, 3.05) is 38.6 Å². The Labute approximate surface area is 129 Å². The summed E-state index contributed by atoms with van der Waals surface area (Å²) in [5, 5.41) is 1.71. The van der Waals surface area contributed by atoms with E-state index in [0.717, 1.165) is 28.5 Å². The highest BCUT2D eigenvalue weighted by atomic mass is 79.9. The zero-order valence-corrected chi connectivity index (χ0v) is 14.0. The van der Waals surface area contributed by atoms with E-state index in [-0.39, 0.29) is 0 Å². The van der Waals surface area contributed by atoms with Crippen molar-refractivity contribution in [1.82, 2.24) is 4.90 Å². The second-order valence-electron chi connectivity index (χ2n) is 5.55. The van der Waals surface area contributed by atoms with E-state index in [1.165, 1.54) is 31.5 Å². The number of piperidine rings is 1. The lowest BCUT2D eigenvalue weighted by molar-refractivity contribution is 0.222. The Morgan fingerprint density at radius 1 is 1.37 bits per heavy atom. The lowest BCUT2D eigenvalue weighted by Gasteiger charge is -2.32. The van der Waals surface area contributed by atoms with E-state index in [2.05, 4.69) is 58.0 Å². The van der Waals surface area contributed by atoms with Crippen molar-refractivity contribution in [2.24, 2.45) is 5.92 Å². The molecule has 0 aliphatic carbocycles. The maximum absolute atomic E-state index is 6.37. The van der Waals surface area contributed by atoms with Crippen LogP contribution in [-0.2, 0) is 5.33 Å². The largest absolute Gasteiger partial charge is 0.373 e. The molecule has 0 radical (unpaired) electrons. The summed E-state index contributed by atoms with van der Waals surface area (Å²) in [4.78, 5) is 4.71. The molecular weight excluding hydrogens is 324 g/mol. The molecule has 1 aromatic rings. The van der Waals surface area contributed by atoms with Gasteiger partial charge in [0.2, 0.25) is 0 Å². The third-order valence-corrected chi connectivity index (χ3v) is 4.90. The molecular formula is C15H22BrClN2. The van der Waals surface area contributed by atoms with Gasteiger partial charge in [0.25, 0.3) is 0 Å². The van der Waals surface area contributed by atoms with E-state index in [4.69, 9.17) is 11.6 Å². The molecule has 0 aromatic heterocycles. The molecule has 0 spiro atoms. The summed E-state index contributed by atoms with van der Waals surface area (Å²) in [5.74, 6) is 0.785. The lowest BCUT2D eigenvalue weighted by Crippen LogP contribution is -2.35. The predicted molar refractivity (Wildman–Crippen MR) is 87.6 cm³/mol. The van der Waals surface area contributed by atoms with Crippen LogP contribution in [0.5, 0.6) is 0 Å². The SMILES string of the molecule is CN1CCC(CN(C)c2ccc(CBr)cc2Cl)CC1. The average molecular weight is 346 g/mol. The standard InChI is InChI=1S/C15H22BrClN2/c1-18-7-5-12(6-8-18)11-19(2)15-4-3-13(10-16)9-14(15)17/h3-4,9,12H,5-8,10-11H2,1-2H3. The highest BCUT2D eigenvalue weighted by Gasteiger charge is 2.19. The number of likely N-dealkylation sites (tertiary alicyclic amines) is 1. The van der Waals surface area contributed by atoms with Crippen LogP contribution in [0.4, 0.5) is 5.69 Å². The normalized spacial score (nSPS) is 17.7. The fourth-order valence-electron chi connectivity index (χ4n) is 2.67. The monoisotopic (exact) mass is 344 g/mol. The topological polar surface area (TPSA) is 6.48 Å². The Balaban J connectivity index is 1.97. The summed E-state index contributed by atoms with van der Waals surface area (Å²) < 4.78 is 0. The Hall–Kier alpha value is -0.250. The molecule has 106 valence electrons. The van der Waals surface area contributed by atoms with Crippen molar-refractivity contribution in [3.63, 3.8) is 0 Å². The van der Waals surface area contributed by atoms with Crippen molar-refractivity contribution in [3.8, 4) is 0 Å². The molecule has 2 nitrogen and oxygen atoms in total. The van der Waals surface area contributed by atoms with Crippen LogP contribution in [0.1, 0.15) is 18.4 Å². The van der Waals surface area contributed by atoms with Crippen molar-refractivity contribution in [1.29, 1.82) is 0 Å². The summed E-state index contributed by atoms with van der Waals surface area (Å²) in [6.45, 7) is 3.53. The van der Waals surface area contributed by atoms with Crippen molar-refractivity contribution < 1.29 is 0 Å². The number of hydrogen-bond acceptors (Lipinski definition) is 2. The van der Waals surface area contributed by atoms with Gasteiger partial charge in [0.1, 0.15) is 0 Å². The fraction of sp³-hybridized carbons (Fsp3) is 0.600. The van der Waals surface area contributed by atoms with Gasteiger partial charge in [-0.25, -0.2) is 0 Å². The van der Waals surface area contributed by atoms with Gasteiger partial charge in [-0.2, -0.15) is 0 Å². The Bertz CT molecular complexity index is 417. The maximum atomic E-state index is 6.37. The molecule has 1 saturated heterocycles. The molecule has 0 atom stereocenters. The molecule has 0 unspecified atom stereocenters. The second-order valence-corrected chi connectivity index (χ2v) is 6.51. The molecule has 0 N–H and O–H groups in total. The Kier molecular flexibility index (Phi) is 5.55.